The minimum Gasteiger partial charge on any atom is -0.464 e. The molecule has 1 aromatic carbocycles. The van der Waals surface area contributed by atoms with E-state index in [1.807, 2.05) is 38.1 Å². The van der Waals surface area contributed by atoms with Gasteiger partial charge in [0.2, 0.25) is 5.70 Å². The molecule has 40 heavy (non-hydrogen) atoms. The summed E-state index contributed by atoms with van der Waals surface area (Å²) in [5, 5.41) is 23.2. The van der Waals surface area contributed by atoms with Crippen molar-refractivity contribution in [1.82, 2.24) is 15.1 Å². The van der Waals surface area contributed by atoms with E-state index >= 15 is 0 Å². The van der Waals surface area contributed by atoms with Crippen LogP contribution in [0.4, 0.5) is 4.79 Å². The number of piperidine rings is 1. The van der Waals surface area contributed by atoms with E-state index in [0.717, 1.165) is 30.5 Å². The van der Waals surface area contributed by atoms with Gasteiger partial charge in [0.25, 0.3) is 5.91 Å². The van der Waals surface area contributed by atoms with Gasteiger partial charge in [-0.2, -0.15) is 0 Å². The van der Waals surface area contributed by atoms with Gasteiger partial charge in [-0.05, 0) is 50.2 Å². The average molecular weight is 550 g/mol. The zero-order valence-electron chi connectivity index (χ0n) is 22.8. The Hall–Kier alpha value is -3.37. The zero-order chi connectivity index (χ0) is 28.4. The molecule has 3 aliphatic rings. The molecule has 212 valence electrons. The van der Waals surface area contributed by atoms with Gasteiger partial charge in [-0.25, -0.2) is 9.64 Å². The summed E-state index contributed by atoms with van der Waals surface area (Å²) in [5.74, 6) is -0.829. The van der Waals surface area contributed by atoms with E-state index in [2.05, 4.69) is 15.1 Å². The first-order valence-electron chi connectivity index (χ1n) is 13.7. The van der Waals surface area contributed by atoms with E-state index in [1.54, 1.807) is 11.0 Å². The van der Waals surface area contributed by atoms with Crippen molar-refractivity contribution in [2.75, 3.05) is 39.5 Å². The normalized spacial score (nSPS) is 23.8. The van der Waals surface area contributed by atoms with Crippen LogP contribution in [0, 0.1) is 18.4 Å². The Bertz CT molecular complexity index is 1310. The standard InChI is InChI=1S/C28H35BN4O7/c1-28(2,32-8-10-38-11-9-32)14-22(30-3)26(34)33-15-18-12-21(18)23(33)17-40-27(35)31-25(29(36)37)13-19-16-39-24-7-5-4-6-20(19)24/h4-7,14,16,18,21,23,25,36-37H,8-13,15,17H2,1-2H3,(H,31,35)/t18-,21-,23-,25-/m0/s1. The quantitative estimate of drug-likeness (QED) is 0.245. The third kappa shape index (κ3) is 6.03. The second-order valence-electron chi connectivity index (χ2n) is 11.3. The maximum atomic E-state index is 13.5. The highest BCUT2D eigenvalue weighted by atomic mass is 16.5. The van der Waals surface area contributed by atoms with Gasteiger partial charge in [0.05, 0.1) is 38.0 Å². The number of carbonyl (C=O) groups is 2. The lowest BCUT2D eigenvalue weighted by molar-refractivity contribution is -0.129. The third-order valence-corrected chi connectivity index (χ3v) is 8.27. The van der Waals surface area contributed by atoms with Gasteiger partial charge in [0.1, 0.15) is 12.2 Å². The summed E-state index contributed by atoms with van der Waals surface area (Å²) in [7, 11) is -1.82. The van der Waals surface area contributed by atoms with Crippen LogP contribution in [0.5, 0.6) is 0 Å². The van der Waals surface area contributed by atoms with E-state index in [1.165, 1.54) is 6.26 Å². The molecule has 11 nitrogen and oxygen atoms in total. The number of morpholine rings is 1. The van der Waals surface area contributed by atoms with Crippen LogP contribution in [0.25, 0.3) is 15.8 Å². The van der Waals surface area contributed by atoms with Gasteiger partial charge in [-0.3, -0.25) is 9.69 Å². The van der Waals surface area contributed by atoms with Gasteiger partial charge in [-0.15, -0.1) is 0 Å². The van der Waals surface area contributed by atoms with Crippen LogP contribution in [-0.4, -0.2) is 95.9 Å². The molecule has 5 rings (SSSR count). The van der Waals surface area contributed by atoms with Crippen molar-refractivity contribution in [3.8, 4) is 0 Å². The number of nitrogens with zero attached hydrogens (tertiary/aromatic N) is 3. The zero-order valence-corrected chi connectivity index (χ0v) is 22.8. The van der Waals surface area contributed by atoms with Crippen molar-refractivity contribution < 1.29 is 33.5 Å². The highest BCUT2D eigenvalue weighted by Crippen LogP contribution is 2.50. The van der Waals surface area contributed by atoms with Crippen LogP contribution in [-0.2, 0) is 20.7 Å². The summed E-state index contributed by atoms with van der Waals surface area (Å²) in [5.41, 5.74) is 0.954. The maximum Gasteiger partial charge on any atom is 0.475 e. The summed E-state index contributed by atoms with van der Waals surface area (Å²) in [6, 6.07) is 7.02. The molecule has 0 unspecified atom stereocenters. The number of rotatable bonds is 9. The number of furan rings is 1. The number of hydrogen-bond donors (Lipinski definition) is 3. The third-order valence-electron chi connectivity index (χ3n) is 8.27. The average Bonchev–Trinajstić information content (AvgIpc) is 3.45. The number of hydrogen-bond acceptors (Lipinski definition) is 8. The molecule has 3 heterocycles. The van der Waals surface area contributed by atoms with Gasteiger partial charge < -0.3 is 34.2 Å². The summed E-state index contributed by atoms with van der Waals surface area (Å²) in [6.45, 7) is 14.8. The first kappa shape index (κ1) is 28.2. The molecule has 2 amide bonds. The number of likely N-dealkylation sites (tertiary alicyclic amines) is 1. The molecular weight excluding hydrogens is 515 g/mol. The molecule has 2 aromatic rings. The number of benzene rings is 1. The molecule has 0 spiro atoms. The fraction of sp³-hybridized carbons (Fsp3) is 0.536. The van der Waals surface area contributed by atoms with Crippen LogP contribution in [0.15, 0.2) is 46.7 Å². The van der Waals surface area contributed by atoms with Crippen LogP contribution in [0.1, 0.15) is 25.8 Å². The summed E-state index contributed by atoms with van der Waals surface area (Å²) in [6.07, 6.45) is 3.53. The van der Waals surface area contributed by atoms with Crippen molar-refractivity contribution in [2.24, 2.45) is 11.8 Å². The second-order valence-corrected chi connectivity index (χ2v) is 11.3. The highest BCUT2D eigenvalue weighted by molar-refractivity contribution is 6.43. The molecule has 12 heteroatoms. The first-order chi connectivity index (χ1) is 19.2. The number of amides is 2. The monoisotopic (exact) mass is 550 g/mol. The smallest absolute Gasteiger partial charge is 0.464 e. The minimum atomic E-state index is -1.82. The Morgan fingerprint density at radius 1 is 1.30 bits per heavy atom. The molecular formula is C28H35BN4O7. The summed E-state index contributed by atoms with van der Waals surface area (Å²) in [4.78, 5) is 33.6. The predicted octanol–water partition coefficient (Wildman–Crippen LogP) is 1.84. The van der Waals surface area contributed by atoms with Crippen LogP contribution in [0.2, 0.25) is 0 Å². The predicted molar refractivity (Wildman–Crippen MR) is 147 cm³/mol. The molecule has 1 saturated carbocycles. The fourth-order valence-electron chi connectivity index (χ4n) is 5.89. The van der Waals surface area contributed by atoms with E-state index in [9.17, 15) is 19.6 Å². The van der Waals surface area contributed by atoms with Crippen LogP contribution >= 0.6 is 0 Å². The van der Waals surface area contributed by atoms with E-state index in [4.69, 9.17) is 20.5 Å². The Morgan fingerprint density at radius 2 is 2.05 bits per heavy atom. The Morgan fingerprint density at radius 3 is 2.77 bits per heavy atom. The number of nitrogens with one attached hydrogen (secondary N) is 1. The van der Waals surface area contributed by atoms with Crippen molar-refractivity contribution >= 4 is 30.1 Å². The lowest BCUT2D eigenvalue weighted by atomic mass is 9.76. The topological polar surface area (TPSA) is 129 Å². The molecule has 1 aromatic heterocycles. The summed E-state index contributed by atoms with van der Waals surface area (Å²) >= 11 is 0. The highest BCUT2D eigenvalue weighted by Gasteiger charge is 2.54. The van der Waals surface area contributed by atoms with Crippen molar-refractivity contribution in [3.05, 3.63) is 59.3 Å². The van der Waals surface area contributed by atoms with Crippen molar-refractivity contribution in [1.29, 1.82) is 0 Å². The molecule has 1 aliphatic carbocycles. The minimum absolute atomic E-state index is 0.0419. The number of alkyl carbamates (subject to hydrolysis) is 1. The molecule has 0 bridgehead atoms. The molecule has 4 atom stereocenters. The van der Waals surface area contributed by atoms with Gasteiger partial charge in [0.15, 0.2) is 0 Å². The van der Waals surface area contributed by atoms with E-state index in [0.29, 0.717) is 31.3 Å². The largest absolute Gasteiger partial charge is 0.475 e. The number of fused-ring (bicyclic) bond motifs is 2. The van der Waals surface area contributed by atoms with Crippen LogP contribution < -0.4 is 5.32 Å². The lowest BCUT2D eigenvalue weighted by Gasteiger charge is -2.39. The van der Waals surface area contributed by atoms with Crippen molar-refractivity contribution in [2.45, 2.75) is 44.2 Å². The molecule has 3 fully saturated rings. The maximum absolute atomic E-state index is 13.5. The van der Waals surface area contributed by atoms with Crippen LogP contribution in [0.3, 0.4) is 0 Å². The lowest BCUT2D eigenvalue weighted by Crippen LogP contribution is -2.50. The van der Waals surface area contributed by atoms with Gasteiger partial charge >= 0.3 is 13.2 Å². The Labute approximate surface area is 233 Å². The molecule has 3 N–H and O–H groups in total. The van der Waals surface area contributed by atoms with E-state index < -0.39 is 24.7 Å². The van der Waals surface area contributed by atoms with Crippen molar-refractivity contribution in [3.63, 3.8) is 0 Å². The molecule has 2 aliphatic heterocycles. The SMILES string of the molecule is [C-]#[N+]C(=CC(C)(C)N1CCOCC1)C(=O)N1C[C@@H]2C[C@@H]2[C@@H]1COC(=O)N[C@@H](Cc1coc2ccccc12)B(O)O. The molecule has 0 radical (unpaired) electrons. The fourth-order valence-corrected chi connectivity index (χ4v) is 5.89. The number of carbonyl (C=O) groups excluding carboxylic acids is 2. The second kappa shape index (κ2) is 11.6. The molecule has 2 saturated heterocycles. The van der Waals surface area contributed by atoms with E-state index in [-0.39, 0.29) is 36.6 Å². The number of ether oxygens (including phenoxy) is 2. The van der Waals surface area contributed by atoms with Gasteiger partial charge in [-0.1, -0.05) is 24.3 Å². The first-order valence-corrected chi connectivity index (χ1v) is 13.7. The number of para-hydroxylation sites is 1. The Kier molecular flexibility index (Phi) is 8.19. The summed E-state index contributed by atoms with van der Waals surface area (Å²) < 4.78 is 16.4. The Balaban J connectivity index is 1.21. The van der Waals surface area contributed by atoms with Gasteiger partial charge in [0, 0.05) is 30.6 Å².